The molecule has 0 saturated carbocycles. The number of nitrogens with zero attached hydrogens (tertiary/aromatic N) is 1. The van der Waals surface area contributed by atoms with E-state index in [4.69, 9.17) is 21.4 Å². The van der Waals surface area contributed by atoms with Gasteiger partial charge in [-0.25, -0.2) is 4.79 Å². The second kappa shape index (κ2) is 6.82. The van der Waals surface area contributed by atoms with Gasteiger partial charge in [-0.15, -0.1) is 0 Å². The van der Waals surface area contributed by atoms with Gasteiger partial charge in [0.05, 0.1) is 22.0 Å². The van der Waals surface area contributed by atoms with Crippen molar-refractivity contribution in [1.82, 2.24) is 0 Å². The lowest BCUT2D eigenvalue weighted by Crippen LogP contribution is -2.43. The highest BCUT2D eigenvalue weighted by molar-refractivity contribution is 6.34. The van der Waals surface area contributed by atoms with Crippen molar-refractivity contribution in [1.29, 1.82) is 0 Å². The molecule has 128 valence electrons. The van der Waals surface area contributed by atoms with E-state index in [-0.39, 0.29) is 35.3 Å². The van der Waals surface area contributed by atoms with E-state index in [2.05, 4.69) is 5.32 Å². The zero-order valence-corrected chi connectivity index (χ0v) is 13.6. The van der Waals surface area contributed by atoms with E-state index < -0.39 is 11.9 Å². The first kappa shape index (κ1) is 16.8. The van der Waals surface area contributed by atoms with Crippen LogP contribution in [0.1, 0.15) is 10.4 Å². The molecule has 0 saturated heterocycles. The number of anilines is 2. The molecule has 8 heteroatoms. The minimum absolute atomic E-state index is 0.00695. The van der Waals surface area contributed by atoms with Crippen molar-refractivity contribution in [2.45, 2.75) is 0 Å². The number of rotatable bonds is 4. The number of carboxylic acid groups (broad SMARTS) is 1. The van der Waals surface area contributed by atoms with Gasteiger partial charge in [0.15, 0.2) is 6.61 Å². The minimum atomic E-state index is -1.13. The summed E-state index contributed by atoms with van der Waals surface area (Å²) < 4.78 is 5.32. The predicted octanol–water partition coefficient (Wildman–Crippen LogP) is 2.40. The zero-order valence-electron chi connectivity index (χ0n) is 12.9. The Labute approximate surface area is 147 Å². The molecule has 0 atom stereocenters. The molecule has 0 unspecified atom stereocenters. The van der Waals surface area contributed by atoms with E-state index in [1.165, 1.54) is 23.1 Å². The molecular formula is C17H13ClN2O5. The number of carbonyl (C=O) groups is 3. The molecule has 1 aliphatic rings. The Morgan fingerprint density at radius 1 is 1.24 bits per heavy atom. The summed E-state index contributed by atoms with van der Waals surface area (Å²) in [5.74, 6) is -1.47. The number of nitrogens with one attached hydrogen (secondary N) is 1. The van der Waals surface area contributed by atoms with Crippen LogP contribution in [0, 0.1) is 0 Å². The molecule has 1 heterocycles. The average molecular weight is 361 g/mol. The van der Waals surface area contributed by atoms with Gasteiger partial charge in [-0.05, 0) is 30.3 Å². The van der Waals surface area contributed by atoms with Crippen molar-refractivity contribution in [3.63, 3.8) is 0 Å². The first-order chi connectivity index (χ1) is 12.0. The summed E-state index contributed by atoms with van der Waals surface area (Å²) in [6, 6.07) is 10.9. The largest absolute Gasteiger partial charge is 0.482 e. The third-order valence-electron chi connectivity index (χ3n) is 3.60. The maximum Gasteiger partial charge on any atom is 0.335 e. The Bertz CT molecular complexity index is 868. The number of fused-ring (bicyclic) bond motifs is 1. The molecule has 0 aliphatic carbocycles. The van der Waals surface area contributed by atoms with Crippen LogP contribution in [0.2, 0.25) is 5.02 Å². The highest BCUT2D eigenvalue weighted by Crippen LogP contribution is 2.31. The fourth-order valence-electron chi connectivity index (χ4n) is 2.41. The van der Waals surface area contributed by atoms with E-state index in [9.17, 15) is 14.4 Å². The number of benzene rings is 2. The summed E-state index contributed by atoms with van der Waals surface area (Å²) in [5.41, 5.74) is 0.660. The number of carboxylic acids is 1. The first-order valence-corrected chi connectivity index (χ1v) is 7.68. The minimum Gasteiger partial charge on any atom is -0.482 e. The van der Waals surface area contributed by atoms with Gasteiger partial charge in [0, 0.05) is 0 Å². The number of para-hydroxylation sites is 2. The molecule has 0 radical (unpaired) electrons. The highest BCUT2D eigenvalue weighted by Gasteiger charge is 2.27. The molecule has 2 aromatic rings. The summed E-state index contributed by atoms with van der Waals surface area (Å²) in [7, 11) is 0. The average Bonchev–Trinajstić information content (AvgIpc) is 2.59. The number of amides is 2. The van der Waals surface area contributed by atoms with Crippen molar-refractivity contribution in [2.24, 2.45) is 0 Å². The van der Waals surface area contributed by atoms with Crippen LogP contribution in [-0.4, -0.2) is 36.0 Å². The van der Waals surface area contributed by atoms with Gasteiger partial charge in [-0.3, -0.25) is 14.5 Å². The van der Waals surface area contributed by atoms with E-state index in [1.54, 1.807) is 24.3 Å². The summed E-state index contributed by atoms with van der Waals surface area (Å²) in [4.78, 5) is 36.7. The monoisotopic (exact) mass is 360 g/mol. The number of aromatic carboxylic acids is 1. The van der Waals surface area contributed by atoms with E-state index in [0.717, 1.165) is 0 Å². The van der Waals surface area contributed by atoms with Gasteiger partial charge >= 0.3 is 5.97 Å². The molecule has 0 aromatic heterocycles. The molecule has 7 nitrogen and oxygen atoms in total. The molecule has 0 spiro atoms. The lowest BCUT2D eigenvalue weighted by Gasteiger charge is -2.28. The van der Waals surface area contributed by atoms with Gasteiger partial charge < -0.3 is 15.2 Å². The molecule has 2 aromatic carbocycles. The standard InChI is InChI=1S/C17H13ClN2O5/c18-11-6-5-10(17(23)24)7-12(11)19-15(21)8-20-13-3-1-2-4-14(13)25-9-16(20)22/h1-7H,8-9H2,(H,19,21)(H,23,24). The van der Waals surface area contributed by atoms with Gasteiger partial charge in [-0.1, -0.05) is 23.7 Å². The van der Waals surface area contributed by atoms with E-state index in [1.807, 2.05) is 0 Å². The first-order valence-electron chi connectivity index (χ1n) is 7.30. The zero-order chi connectivity index (χ0) is 18.0. The van der Waals surface area contributed by atoms with Gasteiger partial charge in [0.1, 0.15) is 12.3 Å². The summed E-state index contributed by atoms with van der Waals surface area (Å²) >= 11 is 5.99. The molecule has 2 amide bonds. The molecule has 0 bridgehead atoms. The Hall–Kier alpha value is -3.06. The van der Waals surface area contributed by atoms with Crippen LogP contribution < -0.4 is 15.0 Å². The molecule has 1 aliphatic heterocycles. The third kappa shape index (κ3) is 3.56. The van der Waals surface area contributed by atoms with Crippen molar-refractivity contribution in [3.8, 4) is 5.75 Å². The highest BCUT2D eigenvalue weighted by atomic mass is 35.5. The Morgan fingerprint density at radius 2 is 2.00 bits per heavy atom. The second-order valence-corrected chi connectivity index (χ2v) is 5.69. The number of hydrogen-bond donors (Lipinski definition) is 2. The van der Waals surface area contributed by atoms with E-state index >= 15 is 0 Å². The summed E-state index contributed by atoms with van der Waals surface area (Å²) in [5, 5.41) is 11.8. The Morgan fingerprint density at radius 3 is 2.76 bits per heavy atom. The van der Waals surface area contributed by atoms with Crippen molar-refractivity contribution in [3.05, 3.63) is 53.1 Å². The predicted molar refractivity (Wildman–Crippen MR) is 91.3 cm³/mol. The topological polar surface area (TPSA) is 95.9 Å². The van der Waals surface area contributed by atoms with Crippen molar-refractivity contribution >= 4 is 40.8 Å². The molecular weight excluding hydrogens is 348 g/mol. The fourth-order valence-corrected chi connectivity index (χ4v) is 2.58. The van der Waals surface area contributed by atoms with Gasteiger partial charge in [0.2, 0.25) is 5.91 Å². The maximum absolute atomic E-state index is 12.3. The molecule has 3 rings (SSSR count). The number of ether oxygens (including phenoxy) is 1. The Kier molecular flexibility index (Phi) is 4.58. The smallest absolute Gasteiger partial charge is 0.335 e. The molecule has 25 heavy (non-hydrogen) atoms. The van der Waals surface area contributed by atoms with Crippen LogP contribution in [0.5, 0.6) is 5.75 Å². The molecule has 2 N–H and O–H groups in total. The third-order valence-corrected chi connectivity index (χ3v) is 3.93. The summed E-state index contributed by atoms with van der Waals surface area (Å²) in [6.07, 6.45) is 0. The lowest BCUT2D eigenvalue weighted by atomic mass is 10.2. The van der Waals surface area contributed by atoms with Crippen LogP contribution in [-0.2, 0) is 9.59 Å². The number of carbonyl (C=O) groups excluding carboxylic acids is 2. The van der Waals surface area contributed by atoms with Crippen LogP contribution in [0.15, 0.2) is 42.5 Å². The van der Waals surface area contributed by atoms with Crippen molar-refractivity contribution in [2.75, 3.05) is 23.4 Å². The maximum atomic E-state index is 12.3. The quantitative estimate of drug-likeness (QED) is 0.872. The Balaban J connectivity index is 1.78. The van der Waals surface area contributed by atoms with Crippen molar-refractivity contribution < 1.29 is 24.2 Å². The summed E-state index contributed by atoms with van der Waals surface area (Å²) in [6.45, 7) is -0.396. The SMILES string of the molecule is O=C(CN1C(=O)COc2ccccc21)Nc1cc(C(=O)O)ccc1Cl. The van der Waals surface area contributed by atoms with Crippen LogP contribution in [0.4, 0.5) is 11.4 Å². The van der Waals surface area contributed by atoms with Crippen LogP contribution in [0.3, 0.4) is 0 Å². The second-order valence-electron chi connectivity index (χ2n) is 5.28. The van der Waals surface area contributed by atoms with Crippen LogP contribution >= 0.6 is 11.6 Å². The van der Waals surface area contributed by atoms with Gasteiger partial charge in [-0.2, -0.15) is 0 Å². The molecule has 0 fully saturated rings. The number of hydrogen-bond acceptors (Lipinski definition) is 4. The lowest BCUT2D eigenvalue weighted by molar-refractivity contribution is -0.123. The van der Waals surface area contributed by atoms with E-state index in [0.29, 0.717) is 11.4 Å². The van der Waals surface area contributed by atoms with Crippen LogP contribution in [0.25, 0.3) is 0 Å². The fraction of sp³-hybridized carbons (Fsp3) is 0.118. The number of halogens is 1. The normalized spacial score (nSPS) is 13.0. The van der Waals surface area contributed by atoms with Gasteiger partial charge in [0.25, 0.3) is 5.91 Å².